The number of anilines is 1. The van der Waals surface area contributed by atoms with Gasteiger partial charge in [-0.2, -0.15) is 0 Å². The molecule has 1 aliphatic rings. The van der Waals surface area contributed by atoms with Gasteiger partial charge in [0.1, 0.15) is 5.00 Å². The van der Waals surface area contributed by atoms with Crippen LogP contribution >= 0.6 is 11.3 Å². The molecule has 0 aliphatic heterocycles. The van der Waals surface area contributed by atoms with E-state index in [1.165, 1.54) is 17.7 Å². The summed E-state index contributed by atoms with van der Waals surface area (Å²) in [4.78, 5) is 26.7. The van der Waals surface area contributed by atoms with E-state index in [4.69, 9.17) is 4.74 Å². The highest BCUT2D eigenvalue weighted by Crippen LogP contribution is 2.38. The van der Waals surface area contributed by atoms with Crippen LogP contribution in [0.4, 0.5) is 5.00 Å². The van der Waals surface area contributed by atoms with Gasteiger partial charge < -0.3 is 10.1 Å². The summed E-state index contributed by atoms with van der Waals surface area (Å²) in [6.45, 7) is 6.37. The number of esters is 1. The van der Waals surface area contributed by atoms with Gasteiger partial charge in [-0.15, -0.1) is 11.3 Å². The molecule has 1 heterocycles. The van der Waals surface area contributed by atoms with Crippen molar-refractivity contribution in [2.24, 2.45) is 5.92 Å². The van der Waals surface area contributed by atoms with Crippen molar-refractivity contribution in [3.63, 3.8) is 0 Å². The Morgan fingerprint density at radius 3 is 2.50 bits per heavy atom. The van der Waals surface area contributed by atoms with Crippen molar-refractivity contribution >= 4 is 28.2 Å². The number of rotatable bonds is 8. The zero-order chi connectivity index (χ0) is 18.9. The molecule has 1 aliphatic carbocycles. The Morgan fingerprint density at radius 2 is 1.85 bits per heavy atom. The number of amides is 1. The monoisotopic (exact) mass is 379 g/mol. The lowest BCUT2D eigenvalue weighted by Gasteiger charge is -2.15. The minimum atomic E-state index is -0.289. The molecule has 2 rings (SSSR count). The second-order valence-electron chi connectivity index (χ2n) is 7.08. The highest BCUT2D eigenvalue weighted by molar-refractivity contribution is 7.17. The second kappa shape index (κ2) is 10.7. The van der Waals surface area contributed by atoms with Gasteiger partial charge in [-0.1, -0.05) is 39.5 Å². The number of hydrogen-bond acceptors (Lipinski definition) is 4. The molecule has 1 amide bonds. The first-order valence-corrected chi connectivity index (χ1v) is 11.1. The van der Waals surface area contributed by atoms with Gasteiger partial charge in [0.15, 0.2) is 0 Å². The van der Waals surface area contributed by atoms with Gasteiger partial charge in [0.05, 0.1) is 12.2 Å². The van der Waals surface area contributed by atoms with E-state index in [0.29, 0.717) is 17.2 Å². The quantitative estimate of drug-likeness (QED) is 0.586. The SMILES string of the molecule is CCCC[C@H](CC)C(=O)Nc1sc2c(c1C(=O)OCC)CCCCCC2. The van der Waals surface area contributed by atoms with Crippen LogP contribution in [0.3, 0.4) is 0 Å². The largest absolute Gasteiger partial charge is 0.462 e. The Kier molecular flexibility index (Phi) is 8.63. The van der Waals surface area contributed by atoms with Crippen molar-refractivity contribution < 1.29 is 14.3 Å². The molecule has 0 fully saturated rings. The van der Waals surface area contributed by atoms with Crippen LogP contribution in [0.2, 0.25) is 0 Å². The smallest absolute Gasteiger partial charge is 0.341 e. The summed E-state index contributed by atoms with van der Waals surface area (Å²) < 4.78 is 5.31. The van der Waals surface area contributed by atoms with E-state index < -0.39 is 0 Å². The number of hydrogen-bond donors (Lipinski definition) is 1. The molecular formula is C21H33NO3S. The summed E-state index contributed by atoms with van der Waals surface area (Å²) >= 11 is 1.59. The number of aryl methyl sites for hydroxylation is 1. The maximum absolute atomic E-state index is 12.8. The van der Waals surface area contributed by atoms with Gasteiger partial charge in [0.2, 0.25) is 5.91 Å². The Bertz CT molecular complexity index is 609. The molecule has 0 aromatic carbocycles. The van der Waals surface area contributed by atoms with Crippen molar-refractivity contribution in [3.05, 3.63) is 16.0 Å². The van der Waals surface area contributed by atoms with Crippen molar-refractivity contribution in [2.45, 2.75) is 85.0 Å². The molecule has 5 heteroatoms. The standard InChI is InChI=1S/C21H33NO3S/c1-4-7-12-15(5-2)19(23)22-20-18(21(24)25-6-3)16-13-10-8-9-11-14-17(16)26-20/h15H,4-14H2,1-3H3,(H,22,23)/t15-/m0/s1. The van der Waals surface area contributed by atoms with Crippen LogP contribution in [0.5, 0.6) is 0 Å². The molecule has 4 nitrogen and oxygen atoms in total. The van der Waals surface area contributed by atoms with E-state index in [-0.39, 0.29) is 17.8 Å². The van der Waals surface area contributed by atoms with Gasteiger partial charge in [-0.25, -0.2) is 4.79 Å². The zero-order valence-electron chi connectivity index (χ0n) is 16.5. The molecule has 1 N–H and O–H groups in total. The Hall–Kier alpha value is -1.36. The lowest BCUT2D eigenvalue weighted by Crippen LogP contribution is -2.23. The maximum atomic E-state index is 12.8. The van der Waals surface area contributed by atoms with Gasteiger partial charge in [0.25, 0.3) is 0 Å². The van der Waals surface area contributed by atoms with Gasteiger partial charge >= 0.3 is 5.97 Å². The Balaban J connectivity index is 2.29. The van der Waals surface area contributed by atoms with E-state index in [9.17, 15) is 9.59 Å². The van der Waals surface area contributed by atoms with Crippen molar-refractivity contribution in [1.29, 1.82) is 0 Å². The number of carbonyl (C=O) groups excluding carboxylic acids is 2. The molecule has 26 heavy (non-hydrogen) atoms. The van der Waals surface area contributed by atoms with Crippen LogP contribution in [-0.4, -0.2) is 18.5 Å². The number of carbonyl (C=O) groups is 2. The van der Waals surface area contributed by atoms with E-state index in [1.807, 2.05) is 6.92 Å². The summed E-state index contributed by atoms with van der Waals surface area (Å²) in [6.07, 6.45) is 10.5. The van der Waals surface area contributed by atoms with Crippen LogP contribution in [0.15, 0.2) is 0 Å². The van der Waals surface area contributed by atoms with Gasteiger partial charge in [0, 0.05) is 10.8 Å². The van der Waals surface area contributed by atoms with Crippen LogP contribution in [0.25, 0.3) is 0 Å². The Morgan fingerprint density at radius 1 is 1.12 bits per heavy atom. The normalized spacial score (nSPS) is 15.5. The molecule has 146 valence electrons. The number of ether oxygens (including phenoxy) is 1. The highest BCUT2D eigenvalue weighted by atomic mass is 32.1. The number of thiophene rings is 1. The first kappa shape index (κ1) is 20.9. The lowest BCUT2D eigenvalue weighted by atomic mass is 9.96. The summed E-state index contributed by atoms with van der Waals surface area (Å²) in [5.74, 6) is -0.238. The first-order valence-electron chi connectivity index (χ1n) is 10.2. The summed E-state index contributed by atoms with van der Waals surface area (Å²) in [5, 5.41) is 3.79. The zero-order valence-corrected chi connectivity index (χ0v) is 17.3. The van der Waals surface area contributed by atoms with E-state index in [1.54, 1.807) is 11.3 Å². The number of nitrogens with one attached hydrogen (secondary N) is 1. The molecule has 0 saturated carbocycles. The molecule has 0 saturated heterocycles. The fourth-order valence-electron chi connectivity index (χ4n) is 3.61. The van der Waals surface area contributed by atoms with Crippen LogP contribution in [-0.2, 0) is 22.4 Å². The third-order valence-corrected chi connectivity index (χ3v) is 6.36. The van der Waals surface area contributed by atoms with E-state index in [0.717, 1.165) is 56.9 Å². The predicted octanol–water partition coefficient (Wildman–Crippen LogP) is 5.74. The average Bonchev–Trinajstić information content (AvgIpc) is 2.92. The fourth-order valence-corrected chi connectivity index (χ4v) is 4.89. The minimum absolute atomic E-state index is 0.00896. The number of fused-ring (bicyclic) bond motifs is 1. The topological polar surface area (TPSA) is 55.4 Å². The summed E-state index contributed by atoms with van der Waals surface area (Å²) in [5.41, 5.74) is 1.73. The highest BCUT2D eigenvalue weighted by Gasteiger charge is 2.27. The molecule has 1 aromatic heterocycles. The van der Waals surface area contributed by atoms with Gasteiger partial charge in [-0.05, 0) is 51.0 Å². The third-order valence-electron chi connectivity index (χ3n) is 5.16. The van der Waals surface area contributed by atoms with Gasteiger partial charge in [-0.3, -0.25) is 4.79 Å². The summed E-state index contributed by atoms with van der Waals surface area (Å²) in [7, 11) is 0. The number of unbranched alkanes of at least 4 members (excludes halogenated alkanes) is 1. The van der Waals surface area contributed by atoms with Crippen molar-refractivity contribution in [2.75, 3.05) is 11.9 Å². The fraction of sp³-hybridized carbons (Fsp3) is 0.714. The molecule has 0 unspecified atom stereocenters. The molecular weight excluding hydrogens is 346 g/mol. The lowest BCUT2D eigenvalue weighted by molar-refractivity contribution is -0.120. The Labute approximate surface area is 161 Å². The minimum Gasteiger partial charge on any atom is -0.462 e. The third kappa shape index (κ3) is 5.32. The average molecular weight is 380 g/mol. The van der Waals surface area contributed by atoms with Crippen molar-refractivity contribution in [3.8, 4) is 0 Å². The molecule has 1 aromatic rings. The second-order valence-corrected chi connectivity index (χ2v) is 8.18. The molecule has 0 spiro atoms. The van der Waals surface area contributed by atoms with Crippen LogP contribution in [0, 0.1) is 5.92 Å². The molecule has 0 radical (unpaired) electrons. The maximum Gasteiger partial charge on any atom is 0.341 e. The molecule has 1 atom stereocenters. The predicted molar refractivity (Wildman–Crippen MR) is 108 cm³/mol. The van der Waals surface area contributed by atoms with Crippen LogP contribution in [0.1, 0.15) is 92.9 Å². The molecule has 0 bridgehead atoms. The van der Waals surface area contributed by atoms with Crippen molar-refractivity contribution in [1.82, 2.24) is 0 Å². The van der Waals surface area contributed by atoms with E-state index in [2.05, 4.69) is 19.2 Å². The first-order chi connectivity index (χ1) is 12.6. The van der Waals surface area contributed by atoms with Crippen LogP contribution < -0.4 is 5.32 Å². The van der Waals surface area contributed by atoms with E-state index >= 15 is 0 Å². The summed E-state index contributed by atoms with van der Waals surface area (Å²) in [6, 6.07) is 0.